The third-order valence-electron chi connectivity index (χ3n) is 3.88. The zero-order chi connectivity index (χ0) is 17.2. The van der Waals surface area contributed by atoms with Gasteiger partial charge in [0.2, 0.25) is 0 Å². The molecule has 0 saturated carbocycles. The lowest BCUT2D eigenvalue weighted by Crippen LogP contribution is -2.07. The van der Waals surface area contributed by atoms with Crippen molar-refractivity contribution in [2.45, 2.75) is 17.8 Å². The number of rotatable bonds is 4. The number of nitrogens with one attached hydrogen (secondary N) is 1. The molecule has 6 heteroatoms. The van der Waals surface area contributed by atoms with E-state index in [1.807, 2.05) is 34.9 Å². The molecular formula is C19H16N4OS. The van der Waals surface area contributed by atoms with Crippen LogP contribution in [-0.4, -0.2) is 19.5 Å². The van der Waals surface area contributed by atoms with Gasteiger partial charge in [-0.15, -0.1) is 0 Å². The van der Waals surface area contributed by atoms with E-state index in [4.69, 9.17) is 0 Å². The van der Waals surface area contributed by atoms with Gasteiger partial charge in [-0.2, -0.15) is 0 Å². The van der Waals surface area contributed by atoms with Crippen LogP contribution in [-0.2, 0) is 5.75 Å². The van der Waals surface area contributed by atoms with E-state index in [1.165, 1.54) is 17.5 Å². The van der Waals surface area contributed by atoms with E-state index in [0.29, 0.717) is 11.2 Å². The smallest absolute Gasteiger partial charge is 0.278 e. The standard InChI is InChI=1S/C19H16N4OS/c1-13-6-5-7-14(10-13)11-25-19-22-16-17(20-12-21-18(16)24)23(19)15-8-3-2-4-9-15/h2-10,12H,11H2,1H3,(H,20,21,24). The second-order valence-corrected chi connectivity index (χ2v) is 6.69. The Morgan fingerprint density at radius 2 is 1.96 bits per heavy atom. The zero-order valence-electron chi connectivity index (χ0n) is 13.6. The molecule has 0 unspecified atom stereocenters. The number of hydrogen-bond donors (Lipinski definition) is 1. The van der Waals surface area contributed by atoms with E-state index in [9.17, 15) is 4.79 Å². The van der Waals surface area contributed by atoms with Gasteiger partial charge >= 0.3 is 0 Å². The highest BCUT2D eigenvalue weighted by molar-refractivity contribution is 7.98. The summed E-state index contributed by atoms with van der Waals surface area (Å²) in [5.41, 5.74) is 4.10. The molecule has 0 saturated heterocycles. The van der Waals surface area contributed by atoms with Crippen molar-refractivity contribution in [2.24, 2.45) is 0 Å². The first-order valence-corrected chi connectivity index (χ1v) is 8.91. The highest BCUT2D eigenvalue weighted by Crippen LogP contribution is 2.28. The van der Waals surface area contributed by atoms with Crippen LogP contribution in [0.5, 0.6) is 0 Å². The molecule has 0 fully saturated rings. The summed E-state index contributed by atoms with van der Waals surface area (Å²) in [5, 5.41) is 0.756. The number of thioether (sulfide) groups is 1. The van der Waals surface area contributed by atoms with Crippen molar-refractivity contribution in [3.05, 3.63) is 82.4 Å². The third kappa shape index (κ3) is 3.08. The number of H-pyrrole nitrogens is 1. The molecule has 2 aromatic heterocycles. The predicted molar refractivity (Wildman–Crippen MR) is 100 cm³/mol. The number of benzene rings is 2. The van der Waals surface area contributed by atoms with E-state index in [1.54, 1.807) is 11.8 Å². The number of para-hydroxylation sites is 1. The first-order chi connectivity index (χ1) is 12.2. The average Bonchev–Trinajstić information content (AvgIpc) is 3.01. The molecule has 0 aliphatic heterocycles. The van der Waals surface area contributed by atoms with Crippen LogP contribution in [0.2, 0.25) is 0 Å². The maximum absolute atomic E-state index is 12.1. The minimum atomic E-state index is -0.225. The number of fused-ring (bicyclic) bond motifs is 1. The molecule has 124 valence electrons. The SMILES string of the molecule is Cc1cccc(CSc2nc3c(=O)[nH]cnc3n2-c2ccccc2)c1. The van der Waals surface area contributed by atoms with Crippen LogP contribution in [0, 0.1) is 6.92 Å². The molecule has 0 amide bonds. The molecule has 0 aliphatic carbocycles. The van der Waals surface area contributed by atoms with E-state index in [2.05, 4.69) is 46.1 Å². The van der Waals surface area contributed by atoms with Crippen LogP contribution in [0.25, 0.3) is 16.9 Å². The Hall–Kier alpha value is -2.86. The van der Waals surface area contributed by atoms with Crippen molar-refractivity contribution < 1.29 is 0 Å². The van der Waals surface area contributed by atoms with Gasteiger partial charge in [-0.25, -0.2) is 9.97 Å². The predicted octanol–water partition coefficient (Wildman–Crippen LogP) is 3.71. The van der Waals surface area contributed by atoms with Gasteiger partial charge in [0.1, 0.15) is 0 Å². The molecule has 25 heavy (non-hydrogen) atoms. The fraction of sp³-hybridized carbons (Fsp3) is 0.105. The van der Waals surface area contributed by atoms with Crippen LogP contribution in [0.4, 0.5) is 0 Å². The van der Waals surface area contributed by atoms with E-state index >= 15 is 0 Å². The quantitative estimate of drug-likeness (QED) is 0.571. The Balaban J connectivity index is 1.80. The molecule has 1 N–H and O–H groups in total. The van der Waals surface area contributed by atoms with Gasteiger partial charge in [-0.3, -0.25) is 9.36 Å². The molecular weight excluding hydrogens is 332 g/mol. The monoisotopic (exact) mass is 348 g/mol. The minimum Gasteiger partial charge on any atom is -0.311 e. The highest BCUT2D eigenvalue weighted by atomic mass is 32.2. The normalized spacial score (nSPS) is 11.1. The number of aryl methyl sites for hydroxylation is 1. The highest BCUT2D eigenvalue weighted by Gasteiger charge is 2.16. The average molecular weight is 348 g/mol. The summed E-state index contributed by atoms with van der Waals surface area (Å²) in [6, 6.07) is 18.2. The van der Waals surface area contributed by atoms with E-state index in [0.717, 1.165) is 16.6 Å². The Morgan fingerprint density at radius 3 is 2.76 bits per heavy atom. The van der Waals surface area contributed by atoms with Crippen molar-refractivity contribution in [1.82, 2.24) is 19.5 Å². The fourth-order valence-electron chi connectivity index (χ4n) is 2.74. The van der Waals surface area contributed by atoms with Gasteiger partial charge in [0.25, 0.3) is 5.56 Å². The molecule has 0 atom stereocenters. The molecule has 0 aliphatic rings. The number of aromatic nitrogens is 4. The lowest BCUT2D eigenvalue weighted by Gasteiger charge is -2.08. The number of nitrogens with zero attached hydrogens (tertiary/aromatic N) is 3. The molecule has 2 aromatic carbocycles. The third-order valence-corrected chi connectivity index (χ3v) is 4.89. The van der Waals surface area contributed by atoms with Crippen LogP contribution >= 0.6 is 11.8 Å². The van der Waals surface area contributed by atoms with Crippen LogP contribution in [0.1, 0.15) is 11.1 Å². The zero-order valence-corrected chi connectivity index (χ0v) is 14.5. The Kier molecular flexibility index (Phi) is 4.11. The van der Waals surface area contributed by atoms with E-state index in [-0.39, 0.29) is 5.56 Å². The van der Waals surface area contributed by atoms with Gasteiger partial charge in [0.05, 0.1) is 6.33 Å². The van der Waals surface area contributed by atoms with Gasteiger partial charge in [0, 0.05) is 11.4 Å². The largest absolute Gasteiger partial charge is 0.311 e. The van der Waals surface area contributed by atoms with E-state index < -0.39 is 0 Å². The maximum Gasteiger partial charge on any atom is 0.278 e. The number of imidazole rings is 1. The van der Waals surface area contributed by atoms with Gasteiger partial charge in [-0.1, -0.05) is 59.8 Å². The Labute approximate surface area is 148 Å². The molecule has 0 bridgehead atoms. The van der Waals surface area contributed by atoms with Crippen LogP contribution in [0.3, 0.4) is 0 Å². The summed E-state index contributed by atoms with van der Waals surface area (Å²) in [6.07, 6.45) is 1.42. The molecule has 0 spiro atoms. The van der Waals surface area contributed by atoms with Crippen molar-refractivity contribution in [1.29, 1.82) is 0 Å². The molecule has 2 heterocycles. The van der Waals surface area contributed by atoms with Crippen LogP contribution in [0.15, 0.2) is 70.9 Å². The van der Waals surface area contributed by atoms with Crippen molar-refractivity contribution in [2.75, 3.05) is 0 Å². The summed E-state index contributed by atoms with van der Waals surface area (Å²) in [4.78, 5) is 23.6. The van der Waals surface area contributed by atoms with Gasteiger partial charge in [-0.05, 0) is 24.6 Å². The van der Waals surface area contributed by atoms with Gasteiger partial charge < -0.3 is 4.98 Å². The summed E-state index contributed by atoms with van der Waals surface area (Å²) in [7, 11) is 0. The van der Waals surface area contributed by atoms with Gasteiger partial charge in [0.15, 0.2) is 16.3 Å². The topological polar surface area (TPSA) is 63.6 Å². The second kappa shape index (κ2) is 6.57. The number of aromatic amines is 1. The molecule has 5 nitrogen and oxygen atoms in total. The molecule has 4 rings (SSSR count). The lowest BCUT2D eigenvalue weighted by atomic mass is 10.2. The van der Waals surface area contributed by atoms with Crippen molar-refractivity contribution in [3.63, 3.8) is 0 Å². The van der Waals surface area contributed by atoms with Crippen molar-refractivity contribution in [3.8, 4) is 5.69 Å². The molecule has 0 radical (unpaired) electrons. The molecule has 4 aromatic rings. The fourth-order valence-corrected chi connectivity index (χ4v) is 3.69. The maximum atomic E-state index is 12.1. The van der Waals surface area contributed by atoms with Crippen molar-refractivity contribution >= 4 is 22.9 Å². The Morgan fingerprint density at radius 1 is 1.12 bits per heavy atom. The first kappa shape index (κ1) is 15.7. The Bertz CT molecular complexity index is 1090. The summed E-state index contributed by atoms with van der Waals surface area (Å²) >= 11 is 1.60. The summed E-state index contributed by atoms with van der Waals surface area (Å²) in [5.74, 6) is 0.774. The summed E-state index contributed by atoms with van der Waals surface area (Å²) in [6.45, 7) is 2.08. The second-order valence-electron chi connectivity index (χ2n) is 5.75. The lowest BCUT2D eigenvalue weighted by molar-refractivity contribution is 0.908. The number of hydrogen-bond acceptors (Lipinski definition) is 4. The summed E-state index contributed by atoms with van der Waals surface area (Å²) < 4.78 is 1.94. The first-order valence-electron chi connectivity index (χ1n) is 7.92. The minimum absolute atomic E-state index is 0.225. The van der Waals surface area contributed by atoms with Crippen LogP contribution < -0.4 is 5.56 Å².